The number of nitrogens with zero attached hydrogens (tertiary/aromatic N) is 6. The number of hydrogen-bond donors (Lipinski definition) is 23. The van der Waals surface area contributed by atoms with Gasteiger partial charge in [-0.3, -0.25) is 115 Å². The van der Waals surface area contributed by atoms with Gasteiger partial charge in [0, 0.05) is 155 Å². The van der Waals surface area contributed by atoms with Crippen molar-refractivity contribution in [1.29, 1.82) is 0 Å². The first-order valence-corrected chi connectivity index (χ1v) is 50.6. The summed E-state index contributed by atoms with van der Waals surface area (Å²) in [5.41, 5.74) is 20.2. The van der Waals surface area contributed by atoms with Crippen LogP contribution >= 0.6 is 21.6 Å². The van der Waals surface area contributed by atoms with Gasteiger partial charge in [-0.25, -0.2) is 4.98 Å². The molecule has 147 heavy (non-hydrogen) atoms. The number of imidazole rings is 1. The van der Waals surface area contributed by atoms with Gasteiger partial charge in [-0.05, 0) is 78.1 Å². The van der Waals surface area contributed by atoms with Gasteiger partial charge in [0.25, 0.3) is 0 Å². The van der Waals surface area contributed by atoms with E-state index in [4.69, 9.17) is 17.2 Å². The summed E-state index contributed by atoms with van der Waals surface area (Å²) in [5.74, 6) is -24.6. The monoisotopic (exact) mass is 2080 g/mol. The second-order valence-electron chi connectivity index (χ2n) is 36.5. The summed E-state index contributed by atoms with van der Waals surface area (Å²) in [6.07, 6.45) is 0.624. The molecule has 4 aromatic carbocycles. The quantitative estimate of drug-likeness (QED) is 0.0127. The largest absolute Gasteiger partial charge is 0.481 e. The minimum atomic E-state index is -2.14. The number of carboxylic acid groups (broad SMARTS) is 4. The molecule has 1 unspecified atom stereocenters. The van der Waals surface area contributed by atoms with Gasteiger partial charge in [0.15, 0.2) is 0 Å². The fourth-order valence-electron chi connectivity index (χ4n) is 17.3. The summed E-state index contributed by atoms with van der Waals surface area (Å²) in [6, 6.07) is 4.37. The SMILES string of the molecule is CC[C@H](C)C(NC(=O)[C@@H](NC(=O)[C@H](Cc1c[nH]c2ccccc12)NC(=O)CCCCCNC(=O)CN1CCN(CC(=O)O)CCN(CC(=O)O)CCN(CC(=O)O)CC1)[C@@H](C)O)C(=O)N[C@H]1CSSC[C@@H](C(=O)N[C@@H](Cc2c[nH]c3ccccc23)C(=O)N2CCC[C@H]2C(N)=O)NC(=O)[C@H](CC(=O)O)NC(=O)[C@H](Cc2cnc[nH]2)NC(=O)[C@H](Cc2ccc3ccccc3c2)NC(=O)[C@H](CC(N)=O)NC(=O)[C@H](CC(N)=O)NC1=O. The molecule has 6 heterocycles. The smallest absolute Gasteiger partial charge is 0.317 e. The number of benzene rings is 4. The highest BCUT2D eigenvalue weighted by Crippen LogP contribution is 2.28. The average Bonchev–Trinajstić information content (AvgIpc) is 1.78. The van der Waals surface area contributed by atoms with E-state index < -0.39 is 247 Å². The molecule has 51 heteroatoms. The Balaban J connectivity index is 0.918. The van der Waals surface area contributed by atoms with Gasteiger partial charge in [-0.15, -0.1) is 0 Å². The number of carbonyl (C=O) groups excluding carboxylic acids is 16. The Bertz CT molecular complexity index is 5840. The van der Waals surface area contributed by atoms with Crippen molar-refractivity contribution < 1.29 is 121 Å². The molecule has 794 valence electrons. The number of carbonyl (C=O) groups is 20. The topological polar surface area (TPSA) is 741 Å². The van der Waals surface area contributed by atoms with Gasteiger partial charge < -0.3 is 126 Å². The second-order valence-corrected chi connectivity index (χ2v) is 39.1. The number of aliphatic hydroxyl groups excluding tert-OH is 1. The van der Waals surface area contributed by atoms with Crippen LogP contribution in [0.5, 0.6) is 0 Å². The van der Waals surface area contributed by atoms with E-state index in [1.54, 1.807) is 130 Å². The van der Waals surface area contributed by atoms with E-state index >= 15 is 38.4 Å². The third kappa shape index (κ3) is 35.6. The van der Waals surface area contributed by atoms with E-state index in [9.17, 15) is 83.1 Å². The van der Waals surface area contributed by atoms with Gasteiger partial charge in [0.2, 0.25) is 94.5 Å². The van der Waals surface area contributed by atoms with E-state index in [2.05, 4.69) is 83.7 Å². The van der Waals surface area contributed by atoms with E-state index in [1.807, 2.05) is 0 Å². The summed E-state index contributed by atoms with van der Waals surface area (Å²) in [5, 5.41) is 84.4. The van der Waals surface area contributed by atoms with E-state index in [1.165, 1.54) is 24.3 Å². The van der Waals surface area contributed by atoms with Crippen molar-refractivity contribution in [3.8, 4) is 0 Å². The number of aromatic amines is 3. The van der Waals surface area contributed by atoms with Crippen molar-refractivity contribution in [1.82, 2.24) is 108 Å². The van der Waals surface area contributed by atoms with Crippen LogP contribution in [0.25, 0.3) is 32.6 Å². The van der Waals surface area contributed by atoms with Crippen LogP contribution in [0.3, 0.4) is 0 Å². The van der Waals surface area contributed by atoms with E-state index in [-0.39, 0.29) is 136 Å². The maximum Gasteiger partial charge on any atom is 0.317 e. The number of H-pyrrole nitrogens is 3. The molecule has 0 aliphatic carbocycles. The summed E-state index contributed by atoms with van der Waals surface area (Å²) in [4.78, 5) is 303. The van der Waals surface area contributed by atoms with Gasteiger partial charge in [-0.2, -0.15) is 0 Å². The lowest BCUT2D eigenvalue weighted by molar-refractivity contribution is -0.142. The Morgan fingerprint density at radius 2 is 0.986 bits per heavy atom. The number of aromatic nitrogens is 4. The number of para-hydroxylation sites is 2. The molecule has 10 rings (SSSR count). The summed E-state index contributed by atoms with van der Waals surface area (Å²) < 4.78 is 0. The number of primary amides is 3. The molecule has 0 bridgehead atoms. The molecule has 26 N–H and O–H groups in total. The van der Waals surface area contributed by atoms with Gasteiger partial charge >= 0.3 is 23.9 Å². The number of nitrogens with one attached hydrogen (secondary N) is 15. The first-order valence-electron chi connectivity index (χ1n) is 48.2. The van der Waals surface area contributed by atoms with Crippen LogP contribution < -0.4 is 81.0 Å². The molecular weight excluding hydrogens is 1950 g/mol. The minimum Gasteiger partial charge on any atom is -0.481 e. The van der Waals surface area contributed by atoms with Crippen LogP contribution in [0.2, 0.25) is 0 Å². The molecule has 3 aliphatic heterocycles. The molecule has 14 atom stereocenters. The molecular formula is C96H128N24O25S2. The van der Waals surface area contributed by atoms with Crippen LogP contribution in [-0.2, 0) is 122 Å². The van der Waals surface area contributed by atoms with Crippen molar-refractivity contribution in [2.24, 2.45) is 23.1 Å². The first-order chi connectivity index (χ1) is 70.1. The van der Waals surface area contributed by atoms with Crippen molar-refractivity contribution in [2.75, 3.05) is 103 Å². The summed E-state index contributed by atoms with van der Waals surface area (Å²) in [7, 11) is 1.37. The number of amides is 16. The number of unbranched alkanes of at least 4 members (excludes halogenated alkanes) is 2. The lowest BCUT2D eigenvalue weighted by Gasteiger charge is -2.32. The Hall–Kier alpha value is -14.7. The predicted molar refractivity (Wildman–Crippen MR) is 535 cm³/mol. The van der Waals surface area contributed by atoms with Crippen LogP contribution in [0, 0.1) is 5.92 Å². The average molecular weight is 2080 g/mol. The molecule has 0 spiro atoms. The lowest BCUT2D eigenvalue weighted by Crippen LogP contribution is -2.63. The molecule has 3 aliphatic rings. The molecule has 3 aromatic heterocycles. The zero-order chi connectivity index (χ0) is 107. The molecule has 7 aromatic rings. The van der Waals surface area contributed by atoms with Gasteiger partial charge in [0.1, 0.15) is 72.5 Å². The number of carboxylic acids is 4. The highest BCUT2D eigenvalue weighted by atomic mass is 33.1. The molecule has 0 radical (unpaired) electrons. The second kappa shape index (κ2) is 56.1. The number of fused-ring (bicyclic) bond motifs is 3. The fourth-order valence-corrected chi connectivity index (χ4v) is 19.6. The third-order valence-electron chi connectivity index (χ3n) is 25.4. The van der Waals surface area contributed by atoms with Crippen molar-refractivity contribution in [3.05, 3.63) is 138 Å². The Morgan fingerprint density at radius 3 is 1.52 bits per heavy atom. The highest BCUT2D eigenvalue weighted by molar-refractivity contribution is 8.76. The van der Waals surface area contributed by atoms with Crippen LogP contribution in [0.4, 0.5) is 0 Å². The maximum atomic E-state index is 15.5. The van der Waals surface area contributed by atoms with Crippen molar-refractivity contribution in [2.45, 2.75) is 189 Å². The number of likely N-dealkylation sites (tertiary alicyclic amines) is 1. The predicted octanol–water partition coefficient (Wildman–Crippen LogP) is -4.20. The Kier molecular flexibility index (Phi) is 43.6. The lowest BCUT2D eigenvalue weighted by atomic mass is 9.97. The molecule has 16 amide bonds. The Labute approximate surface area is 851 Å². The van der Waals surface area contributed by atoms with Crippen LogP contribution in [0.1, 0.15) is 107 Å². The van der Waals surface area contributed by atoms with E-state index in [0.717, 1.165) is 12.3 Å². The fraction of sp³-hybridized carbons (Fsp3) is 0.490. The van der Waals surface area contributed by atoms with Gasteiger partial charge in [0.05, 0.1) is 57.9 Å². The standard InChI is InChI=1S/C96H128N24O25S2/c1-4-53(2)83(114-95(144)84(54(3)121)115-91(140)66(37-58-43-102-63-19-11-9-17-61(58)63)105-77(124)22-6-5-13-25-101-78(125)46-116-27-29-117(47-80(128)129)31-33-119(49-82(132)133)34-32-118(30-28-116)48-81(130)131)94(143)113-73-51-147-146-50-72(93(142)111-71(96(145)120-26-14-21-74(120)85(99)134)38-59-44-103-64-20-12-10-18-62(59)64)112-90(139)70(42-79(126)127)110-87(136)67(39-60-45-100-52-104-60)107-86(135)65(36-55-23-24-56-15-7-8-16-57(56)35-55)106-88(137)68(40-75(97)122)108-89(138)69(41-76(98)123)109-92(73)141/h7-12,15-20,23-24,35,43-45,52-54,65-74,83-84,102-103,121H,4-6,13-14,21-22,25-34,36-42,46-51H2,1-3H3,(H2,97,122)(H2,98,123)(H2,99,134)(H,100,104)(H,101,125)(H,105,124)(H,106,137)(H,107,135)(H,108,138)(H,109,141)(H,110,136)(H,111,142)(H,112,139)(H,113,143)(H,114,144)(H,115,140)(H,126,127)(H,128,129)(H,130,131)(H,132,133)/t53-,54+,65-,66-,67-,68-,69-,70-,71-,72-,73-,74-,83?,84-/m0/s1. The zero-order valence-electron chi connectivity index (χ0n) is 81.4. The number of nitrogens with two attached hydrogens (primary N) is 3. The first kappa shape index (κ1) is 114. The number of aliphatic carboxylic acids is 4. The summed E-state index contributed by atoms with van der Waals surface area (Å²) in [6.45, 7) is 4.70. The molecule has 3 saturated heterocycles. The van der Waals surface area contributed by atoms with Crippen molar-refractivity contribution >= 4 is 173 Å². The number of hydrogen-bond acceptors (Lipinski definition) is 28. The number of rotatable bonds is 42. The van der Waals surface area contributed by atoms with Crippen LogP contribution in [-0.4, -0.2) is 370 Å². The normalized spacial score (nSPS) is 20.7. The summed E-state index contributed by atoms with van der Waals surface area (Å²) >= 11 is 0. The minimum absolute atomic E-state index is 0.0203. The maximum absolute atomic E-state index is 15.5. The third-order valence-corrected chi connectivity index (χ3v) is 27.8. The van der Waals surface area contributed by atoms with Gasteiger partial charge in [-0.1, -0.05) is 127 Å². The molecule has 0 saturated carbocycles. The molecule has 49 nitrogen and oxygen atoms in total. The van der Waals surface area contributed by atoms with E-state index in [0.29, 0.717) is 84.7 Å². The molecule has 3 fully saturated rings. The Morgan fingerprint density at radius 1 is 0.490 bits per heavy atom. The van der Waals surface area contributed by atoms with Crippen molar-refractivity contribution in [3.63, 3.8) is 0 Å². The van der Waals surface area contributed by atoms with Crippen LogP contribution in [0.15, 0.2) is 116 Å². The number of aliphatic hydroxyl groups is 1. The zero-order valence-corrected chi connectivity index (χ0v) is 83.0. The highest BCUT2D eigenvalue weighted by Gasteiger charge is 2.43.